The Hall–Kier alpha value is -1.96. The molecular weight excluding hydrogens is 287 g/mol. The Kier molecular flexibility index (Phi) is 5.20. The van der Waals surface area contributed by atoms with Crippen LogP contribution in [0.4, 0.5) is 11.4 Å². The normalized spacial score (nSPS) is 14.9. The fourth-order valence-corrected chi connectivity index (χ4v) is 2.07. The van der Waals surface area contributed by atoms with E-state index in [1.165, 1.54) is 24.3 Å². The van der Waals surface area contributed by atoms with Gasteiger partial charge in [-0.2, -0.15) is 5.10 Å². The number of nitrogens with zero attached hydrogens (tertiary/aromatic N) is 1. The SMILES string of the molecule is CC(C)OP(=O)([O-])/C(N)=[NH+]/Nc1ccc([N+](=O)[O-])cc1. The van der Waals surface area contributed by atoms with Crippen molar-refractivity contribution in [2.45, 2.75) is 20.0 Å². The fourth-order valence-electron chi connectivity index (χ4n) is 1.21. The van der Waals surface area contributed by atoms with Gasteiger partial charge in [-0.3, -0.25) is 20.4 Å². The van der Waals surface area contributed by atoms with E-state index in [-0.39, 0.29) is 5.69 Å². The molecule has 1 aromatic rings. The highest BCUT2D eigenvalue weighted by Crippen LogP contribution is 2.36. The number of hydrogen-bond donors (Lipinski definition) is 3. The van der Waals surface area contributed by atoms with Gasteiger partial charge in [-0.25, -0.2) is 5.43 Å². The summed E-state index contributed by atoms with van der Waals surface area (Å²) in [7, 11) is -4.34. The maximum Gasteiger partial charge on any atom is 0.334 e. The number of nitrogens with one attached hydrogen (secondary N) is 2. The molecule has 1 atom stereocenters. The number of nitrogens with two attached hydrogens (primary N) is 1. The predicted molar refractivity (Wildman–Crippen MR) is 70.7 cm³/mol. The Morgan fingerprint density at radius 3 is 2.45 bits per heavy atom. The van der Waals surface area contributed by atoms with Gasteiger partial charge >= 0.3 is 5.58 Å². The minimum absolute atomic E-state index is 0.0786. The number of amidine groups is 1. The van der Waals surface area contributed by atoms with Gasteiger partial charge in [-0.15, -0.1) is 0 Å². The molecule has 1 aromatic carbocycles. The van der Waals surface area contributed by atoms with Crippen molar-refractivity contribution in [3.63, 3.8) is 0 Å². The van der Waals surface area contributed by atoms with Crippen LogP contribution in [0.1, 0.15) is 13.8 Å². The molecule has 20 heavy (non-hydrogen) atoms. The van der Waals surface area contributed by atoms with Gasteiger partial charge in [0.25, 0.3) is 13.3 Å². The first-order valence-electron chi connectivity index (χ1n) is 5.61. The lowest BCUT2D eigenvalue weighted by Crippen LogP contribution is -2.80. The molecule has 0 aliphatic carbocycles. The molecule has 0 radical (unpaired) electrons. The zero-order chi connectivity index (χ0) is 15.3. The molecule has 10 heteroatoms. The van der Waals surface area contributed by atoms with Crippen LogP contribution in [0.2, 0.25) is 0 Å². The summed E-state index contributed by atoms with van der Waals surface area (Å²) in [6.45, 7) is 3.11. The third-order valence-corrected chi connectivity index (χ3v) is 3.46. The molecule has 0 aliphatic rings. The van der Waals surface area contributed by atoms with Crippen LogP contribution < -0.4 is 21.2 Å². The zero-order valence-electron chi connectivity index (χ0n) is 10.9. The number of rotatable bonds is 6. The van der Waals surface area contributed by atoms with Crippen LogP contribution in [-0.2, 0) is 9.09 Å². The summed E-state index contributed by atoms with van der Waals surface area (Å²) >= 11 is 0. The Balaban J connectivity index is 2.76. The third kappa shape index (κ3) is 4.61. The van der Waals surface area contributed by atoms with E-state index < -0.39 is 24.2 Å². The van der Waals surface area contributed by atoms with Crippen LogP contribution in [0.15, 0.2) is 24.3 Å². The Labute approximate surface area is 115 Å². The molecule has 1 unspecified atom stereocenters. The molecule has 0 saturated carbocycles. The summed E-state index contributed by atoms with van der Waals surface area (Å²) in [6.07, 6.45) is -0.530. The zero-order valence-corrected chi connectivity index (χ0v) is 11.8. The Morgan fingerprint density at radius 2 is 2.00 bits per heavy atom. The highest BCUT2D eigenvalue weighted by Gasteiger charge is 2.21. The average molecular weight is 302 g/mol. The third-order valence-electron chi connectivity index (χ3n) is 2.06. The number of anilines is 1. The van der Waals surface area contributed by atoms with Crippen LogP contribution in [0, 0.1) is 10.1 Å². The standard InChI is InChI=1S/C10H15N4O5P/c1-7(2)19-20(17,18)10(11)13-12-8-3-5-9(6-4-8)14(15)16/h3-7,12H,1-2H3,(H2,11,13)(H,17,18). The molecule has 0 fully saturated rings. The van der Waals surface area contributed by atoms with Crippen LogP contribution in [-0.4, -0.2) is 16.6 Å². The molecule has 110 valence electrons. The molecule has 4 N–H and O–H groups in total. The molecular formula is C10H15N4O5P. The van der Waals surface area contributed by atoms with Crippen molar-refractivity contribution in [2.24, 2.45) is 5.73 Å². The average Bonchev–Trinajstić information content (AvgIpc) is 2.34. The van der Waals surface area contributed by atoms with E-state index in [1.807, 2.05) is 0 Å². The minimum atomic E-state index is -4.34. The van der Waals surface area contributed by atoms with Gasteiger partial charge in [-0.05, 0) is 26.0 Å². The number of hydrazone groups is 1. The smallest absolute Gasteiger partial charge is 0.334 e. The minimum Gasteiger partial charge on any atom is -0.769 e. The first kappa shape index (κ1) is 16.1. The van der Waals surface area contributed by atoms with E-state index in [4.69, 9.17) is 5.73 Å². The van der Waals surface area contributed by atoms with Gasteiger partial charge in [-0.1, -0.05) is 0 Å². The van der Waals surface area contributed by atoms with E-state index in [0.717, 1.165) is 0 Å². The number of nitro groups is 1. The number of benzene rings is 1. The highest BCUT2D eigenvalue weighted by atomic mass is 31.2. The summed E-state index contributed by atoms with van der Waals surface area (Å²) in [6, 6.07) is 5.33. The molecule has 0 spiro atoms. The van der Waals surface area contributed by atoms with Gasteiger partial charge in [0.05, 0.1) is 16.7 Å². The van der Waals surface area contributed by atoms with E-state index in [9.17, 15) is 19.6 Å². The van der Waals surface area contributed by atoms with Crippen molar-refractivity contribution in [1.29, 1.82) is 0 Å². The first-order valence-corrected chi connectivity index (χ1v) is 7.15. The van der Waals surface area contributed by atoms with Crippen molar-refractivity contribution in [3.8, 4) is 0 Å². The van der Waals surface area contributed by atoms with E-state index in [1.54, 1.807) is 13.8 Å². The van der Waals surface area contributed by atoms with Crippen molar-refractivity contribution >= 4 is 24.5 Å². The maximum atomic E-state index is 11.6. The number of hydrazine groups is 1. The second-order valence-corrected chi connectivity index (χ2v) is 5.78. The molecule has 0 bridgehead atoms. The number of non-ortho nitro benzene ring substituents is 1. The van der Waals surface area contributed by atoms with Gasteiger partial charge in [0.2, 0.25) is 0 Å². The monoisotopic (exact) mass is 302 g/mol. The lowest BCUT2D eigenvalue weighted by atomic mass is 10.3. The first-order chi connectivity index (χ1) is 9.22. The van der Waals surface area contributed by atoms with Gasteiger partial charge < -0.3 is 9.42 Å². The van der Waals surface area contributed by atoms with Crippen molar-refractivity contribution in [2.75, 3.05) is 5.43 Å². The van der Waals surface area contributed by atoms with Crippen LogP contribution in [0.5, 0.6) is 0 Å². The lowest BCUT2D eigenvalue weighted by molar-refractivity contribution is -0.419. The molecule has 9 nitrogen and oxygen atoms in total. The molecule has 0 saturated heterocycles. The second kappa shape index (κ2) is 6.47. The topological polar surface area (TPSA) is 145 Å². The summed E-state index contributed by atoms with van der Waals surface area (Å²) in [5.41, 5.74) is 7.61. The summed E-state index contributed by atoms with van der Waals surface area (Å²) in [4.78, 5) is 21.5. The van der Waals surface area contributed by atoms with Crippen LogP contribution in [0.3, 0.4) is 0 Å². The lowest BCUT2D eigenvalue weighted by Gasteiger charge is -2.20. The molecule has 1 rings (SSSR count). The van der Waals surface area contributed by atoms with Crippen molar-refractivity contribution < 1.29 is 24.0 Å². The molecule has 0 amide bonds. The Bertz CT molecular complexity index is 557. The van der Waals surface area contributed by atoms with E-state index in [0.29, 0.717) is 5.69 Å². The van der Waals surface area contributed by atoms with Gasteiger partial charge in [0.1, 0.15) is 0 Å². The second-order valence-electron chi connectivity index (χ2n) is 4.09. The van der Waals surface area contributed by atoms with Crippen LogP contribution in [0.25, 0.3) is 0 Å². The quantitative estimate of drug-likeness (QED) is 0.207. The Morgan fingerprint density at radius 1 is 1.45 bits per heavy atom. The fraction of sp³-hybridized carbons (Fsp3) is 0.300. The predicted octanol–water partition coefficient (Wildman–Crippen LogP) is -0.705. The van der Waals surface area contributed by atoms with Crippen molar-refractivity contribution in [3.05, 3.63) is 34.4 Å². The highest BCUT2D eigenvalue weighted by molar-refractivity contribution is 7.69. The largest absolute Gasteiger partial charge is 0.769 e. The van der Waals surface area contributed by atoms with Crippen LogP contribution >= 0.6 is 7.60 Å². The molecule has 0 aromatic heterocycles. The summed E-state index contributed by atoms with van der Waals surface area (Å²) in [5, 5.41) is 12.7. The van der Waals surface area contributed by atoms with E-state index >= 15 is 0 Å². The van der Waals surface area contributed by atoms with Gasteiger partial charge in [0.15, 0.2) is 0 Å². The summed E-state index contributed by atoms with van der Waals surface area (Å²) in [5.74, 6) is 0. The van der Waals surface area contributed by atoms with Gasteiger partial charge in [0, 0.05) is 12.1 Å². The maximum absolute atomic E-state index is 11.6. The number of nitro benzene ring substituents is 1. The summed E-state index contributed by atoms with van der Waals surface area (Å²) < 4.78 is 16.2. The van der Waals surface area contributed by atoms with E-state index in [2.05, 4.69) is 15.1 Å². The molecule has 0 aliphatic heterocycles. The van der Waals surface area contributed by atoms with Crippen molar-refractivity contribution in [1.82, 2.24) is 0 Å². The number of hydrogen-bond acceptors (Lipinski definition) is 6. The molecule has 0 heterocycles.